The van der Waals surface area contributed by atoms with Crippen molar-refractivity contribution in [1.82, 2.24) is 4.90 Å². The zero-order valence-electron chi connectivity index (χ0n) is 9.70. The van der Waals surface area contributed by atoms with Crippen LogP contribution >= 0.6 is 23.2 Å². The number of amides is 2. The molecule has 2 amide bonds. The molecule has 1 aromatic rings. The van der Waals surface area contributed by atoms with Crippen LogP contribution in [0, 0.1) is 0 Å². The molecule has 0 unspecified atom stereocenters. The molecule has 0 aromatic heterocycles. The Labute approximate surface area is 115 Å². The standard InChI is InChI=1S/C12H14Cl2N2O2/c13-8-3-4-10(14)11(6-8)15-12(18)16-5-1-2-9(16)7-17/h3-4,6,9,17H,1-2,5,7H2,(H,15,18)/t9-/m0/s1. The number of nitrogens with one attached hydrogen (secondary N) is 1. The summed E-state index contributed by atoms with van der Waals surface area (Å²) < 4.78 is 0. The molecule has 1 aliphatic heterocycles. The van der Waals surface area contributed by atoms with E-state index in [1.807, 2.05) is 0 Å². The summed E-state index contributed by atoms with van der Waals surface area (Å²) in [6.45, 7) is 0.631. The zero-order valence-corrected chi connectivity index (χ0v) is 11.2. The van der Waals surface area contributed by atoms with Gasteiger partial charge in [-0.05, 0) is 31.0 Å². The lowest BCUT2D eigenvalue weighted by Gasteiger charge is -2.23. The molecule has 1 atom stereocenters. The number of benzene rings is 1. The van der Waals surface area contributed by atoms with Crippen LogP contribution < -0.4 is 5.32 Å². The van der Waals surface area contributed by atoms with Gasteiger partial charge in [0.2, 0.25) is 0 Å². The molecule has 0 saturated carbocycles. The van der Waals surface area contributed by atoms with E-state index in [0.29, 0.717) is 22.3 Å². The molecule has 1 saturated heterocycles. The van der Waals surface area contributed by atoms with E-state index in [-0.39, 0.29) is 18.7 Å². The number of anilines is 1. The van der Waals surface area contributed by atoms with Gasteiger partial charge in [0.25, 0.3) is 0 Å². The second-order valence-electron chi connectivity index (χ2n) is 4.23. The molecule has 0 spiro atoms. The molecule has 1 fully saturated rings. The summed E-state index contributed by atoms with van der Waals surface area (Å²) >= 11 is 11.8. The Hall–Kier alpha value is -0.970. The Morgan fingerprint density at radius 2 is 2.28 bits per heavy atom. The molecule has 2 N–H and O–H groups in total. The van der Waals surface area contributed by atoms with E-state index in [1.165, 1.54) is 0 Å². The maximum Gasteiger partial charge on any atom is 0.322 e. The Morgan fingerprint density at radius 3 is 3.00 bits per heavy atom. The van der Waals surface area contributed by atoms with Gasteiger partial charge in [-0.1, -0.05) is 23.2 Å². The van der Waals surface area contributed by atoms with E-state index in [1.54, 1.807) is 23.1 Å². The zero-order chi connectivity index (χ0) is 13.1. The smallest absolute Gasteiger partial charge is 0.322 e. The topological polar surface area (TPSA) is 52.6 Å². The molecular formula is C12H14Cl2N2O2. The van der Waals surface area contributed by atoms with Crippen molar-refractivity contribution in [3.05, 3.63) is 28.2 Å². The van der Waals surface area contributed by atoms with Gasteiger partial charge in [-0.2, -0.15) is 0 Å². The minimum Gasteiger partial charge on any atom is -0.394 e. The van der Waals surface area contributed by atoms with Crippen LogP contribution in [0.25, 0.3) is 0 Å². The second-order valence-corrected chi connectivity index (χ2v) is 5.07. The number of rotatable bonds is 2. The first-order valence-electron chi connectivity index (χ1n) is 5.75. The quantitative estimate of drug-likeness (QED) is 0.879. The summed E-state index contributed by atoms with van der Waals surface area (Å²) in [5, 5.41) is 12.8. The Morgan fingerprint density at radius 1 is 1.50 bits per heavy atom. The fraction of sp³-hybridized carbons (Fsp3) is 0.417. The van der Waals surface area contributed by atoms with Gasteiger partial charge in [0.15, 0.2) is 0 Å². The molecule has 0 aliphatic carbocycles. The van der Waals surface area contributed by atoms with Gasteiger partial charge in [-0.15, -0.1) is 0 Å². The van der Waals surface area contributed by atoms with Crippen LogP contribution in [-0.2, 0) is 0 Å². The lowest BCUT2D eigenvalue weighted by molar-refractivity contribution is 0.166. The fourth-order valence-electron chi connectivity index (χ4n) is 2.07. The fourth-order valence-corrected chi connectivity index (χ4v) is 2.41. The summed E-state index contributed by atoms with van der Waals surface area (Å²) in [7, 11) is 0. The van der Waals surface area contributed by atoms with Crippen LogP contribution in [0.2, 0.25) is 10.0 Å². The number of urea groups is 1. The maximum atomic E-state index is 12.0. The molecule has 0 bridgehead atoms. The number of halogens is 2. The van der Waals surface area contributed by atoms with E-state index >= 15 is 0 Å². The third-order valence-electron chi connectivity index (χ3n) is 3.02. The number of carbonyl (C=O) groups excluding carboxylic acids is 1. The van der Waals surface area contributed by atoms with E-state index < -0.39 is 0 Å². The summed E-state index contributed by atoms with van der Waals surface area (Å²) in [6, 6.07) is 4.53. The third kappa shape index (κ3) is 2.88. The van der Waals surface area contributed by atoms with Gasteiger partial charge in [0.05, 0.1) is 23.4 Å². The molecule has 18 heavy (non-hydrogen) atoms. The van der Waals surface area contributed by atoms with E-state index in [0.717, 1.165) is 12.8 Å². The molecule has 98 valence electrons. The first-order valence-corrected chi connectivity index (χ1v) is 6.51. The van der Waals surface area contributed by atoms with Crippen LogP contribution in [0.4, 0.5) is 10.5 Å². The lowest BCUT2D eigenvalue weighted by Crippen LogP contribution is -2.40. The highest BCUT2D eigenvalue weighted by Gasteiger charge is 2.28. The maximum absolute atomic E-state index is 12.0. The van der Waals surface area contributed by atoms with Crippen molar-refractivity contribution in [2.45, 2.75) is 18.9 Å². The van der Waals surface area contributed by atoms with Crippen LogP contribution in [0.3, 0.4) is 0 Å². The summed E-state index contributed by atoms with van der Waals surface area (Å²) in [5.41, 5.74) is 0.484. The van der Waals surface area contributed by atoms with Crippen molar-refractivity contribution in [1.29, 1.82) is 0 Å². The van der Waals surface area contributed by atoms with Gasteiger partial charge >= 0.3 is 6.03 Å². The number of aliphatic hydroxyl groups is 1. The highest BCUT2D eigenvalue weighted by atomic mass is 35.5. The summed E-state index contributed by atoms with van der Waals surface area (Å²) in [4.78, 5) is 13.7. The molecule has 0 radical (unpaired) electrons. The Kier molecular flexibility index (Phi) is 4.32. The van der Waals surface area contributed by atoms with E-state index in [2.05, 4.69) is 5.32 Å². The van der Waals surface area contributed by atoms with Crippen molar-refractivity contribution < 1.29 is 9.90 Å². The van der Waals surface area contributed by atoms with Crippen molar-refractivity contribution >= 4 is 34.9 Å². The number of nitrogens with zero attached hydrogens (tertiary/aromatic N) is 1. The first kappa shape index (κ1) is 13.5. The normalized spacial score (nSPS) is 19.1. The molecule has 1 heterocycles. The molecule has 1 aromatic carbocycles. The van der Waals surface area contributed by atoms with Gasteiger partial charge in [-0.25, -0.2) is 4.79 Å². The van der Waals surface area contributed by atoms with Crippen LogP contribution in [0.15, 0.2) is 18.2 Å². The van der Waals surface area contributed by atoms with Gasteiger partial charge < -0.3 is 15.3 Å². The van der Waals surface area contributed by atoms with Gasteiger partial charge in [-0.3, -0.25) is 0 Å². The highest BCUT2D eigenvalue weighted by Crippen LogP contribution is 2.26. The number of aliphatic hydroxyl groups excluding tert-OH is 1. The molecule has 6 heteroatoms. The molecule has 4 nitrogen and oxygen atoms in total. The third-order valence-corrected chi connectivity index (χ3v) is 3.58. The molecule has 1 aliphatic rings. The minimum absolute atomic E-state index is 0.0172. The van der Waals surface area contributed by atoms with Crippen molar-refractivity contribution in [2.75, 3.05) is 18.5 Å². The first-order chi connectivity index (χ1) is 8.61. The van der Waals surface area contributed by atoms with Crippen molar-refractivity contribution in [3.8, 4) is 0 Å². The van der Waals surface area contributed by atoms with Crippen molar-refractivity contribution in [2.24, 2.45) is 0 Å². The lowest BCUT2D eigenvalue weighted by atomic mass is 10.2. The Balaban J connectivity index is 2.09. The number of carbonyl (C=O) groups is 1. The van der Waals surface area contributed by atoms with Gasteiger partial charge in [0.1, 0.15) is 0 Å². The van der Waals surface area contributed by atoms with Gasteiger partial charge in [0, 0.05) is 11.6 Å². The largest absolute Gasteiger partial charge is 0.394 e. The SMILES string of the molecule is O=C(Nc1cc(Cl)ccc1Cl)N1CCC[C@H]1CO. The highest BCUT2D eigenvalue weighted by molar-refractivity contribution is 6.35. The molecule has 2 rings (SSSR count). The summed E-state index contributed by atoms with van der Waals surface area (Å²) in [5.74, 6) is 0. The average Bonchev–Trinajstić information content (AvgIpc) is 2.82. The van der Waals surface area contributed by atoms with Crippen molar-refractivity contribution in [3.63, 3.8) is 0 Å². The van der Waals surface area contributed by atoms with Crippen LogP contribution in [-0.4, -0.2) is 35.2 Å². The predicted octanol–water partition coefficient (Wildman–Crippen LogP) is 2.98. The van der Waals surface area contributed by atoms with Crippen LogP contribution in [0.5, 0.6) is 0 Å². The number of hydrogen-bond acceptors (Lipinski definition) is 2. The number of hydrogen-bond donors (Lipinski definition) is 2. The monoisotopic (exact) mass is 288 g/mol. The minimum atomic E-state index is -0.254. The Bertz CT molecular complexity index is 454. The summed E-state index contributed by atoms with van der Waals surface area (Å²) in [6.07, 6.45) is 1.73. The van der Waals surface area contributed by atoms with E-state index in [4.69, 9.17) is 23.2 Å². The number of likely N-dealkylation sites (tertiary alicyclic amines) is 1. The molecular weight excluding hydrogens is 275 g/mol. The predicted molar refractivity (Wildman–Crippen MR) is 72.3 cm³/mol. The van der Waals surface area contributed by atoms with E-state index in [9.17, 15) is 9.90 Å². The average molecular weight is 289 g/mol. The second kappa shape index (κ2) is 5.78. The van der Waals surface area contributed by atoms with Crippen LogP contribution in [0.1, 0.15) is 12.8 Å².